The molecule has 0 bridgehead atoms. The van der Waals surface area contributed by atoms with Crippen LogP contribution in [-0.2, 0) is 21.0 Å². The van der Waals surface area contributed by atoms with Crippen LogP contribution in [0.25, 0.3) is 0 Å². The number of hydrogen-bond donors (Lipinski definition) is 2. The molecule has 3 fully saturated rings. The number of aliphatic hydroxyl groups excluding tert-OH is 2. The molecule has 6 rings (SSSR count). The summed E-state index contributed by atoms with van der Waals surface area (Å²) in [7, 11) is 0. The molecule has 10 heteroatoms. The number of aliphatic hydroxyl groups is 2. The summed E-state index contributed by atoms with van der Waals surface area (Å²) in [6, 6.07) is 0. The fourth-order valence-electron chi connectivity index (χ4n) is 8.67. The third-order valence-corrected chi connectivity index (χ3v) is 11.1. The zero-order valence-corrected chi connectivity index (χ0v) is 22.0. The Morgan fingerprint density at radius 3 is 2.78 bits per heavy atom. The largest absolute Gasteiger partial charge is 0.390 e. The van der Waals surface area contributed by atoms with E-state index >= 15 is 8.78 Å². The van der Waals surface area contributed by atoms with Gasteiger partial charge in [0.15, 0.2) is 22.8 Å². The molecule has 2 saturated carbocycles. The first-order valence-corrected chi connectivity index (χ1v) is 13.7. The maximum atomic E-state index is 17.4. The number of carbonyl (C=O) groups is 2. The van der Waals surface area contributed by atoms with Crippen LogP contribution < -0.4 is 0 Å². The number of aromatic nitrogens is 1. The van der Waals surface area contributed by atoms with Gasteiger partial charge in [0.1, 0.15) is 12.4 Å². The summed E-state index contributed by atoms with van der Waals surface area (Å²) in [5, 5.41) is 26.1. The lowest BCUT2D eigenvalue weighted by Gasteiger charge is -2.62. The minimum absolute atomic E-state index is 0.0805. The molecular formula is C27H32F2N2O5S. The van der Waals surface area contributed by atoms with Crippen molar-refractivity contribution in [3.8, 4) is 0 Å². The van der Waals surface area contributed by atoms with Crippen molar-refractivity contribution in [2.45, 2.75) is 70.4 Å². The van der Waals surface area contributed by atoms with Crippen LogP contribution in [0.4, 0.5) is 8.78 Å². The molecule has 2 N–H and O–H groups in total. The molecule has 1 aromatic heterocycles. The Kier molecular flexibility index (Phi) is 5.55. The van der Waals surface area contributed by atoms with Crippen molar-refractivity contribution in [1.82, 2.24) is 10.0 Å². The minimum atomic E-state index is -2.21. The van der Waals surface area contributed by atoms with Crippen molar-refractivity contribution in [3.63, 3.8) is 0 Å². The normalized spacial score (nSPS) is 45.0. The van der Waals surface area contributed by atoms with Crippen molar-refractivity contribution < 1.29 is 33.4 Å². The van der Waals surface area contributed by atoms with Gasteiger partial charge >= 0.3 is 0 Å². The predicted octanol–water partition coefficient (Wildman–Crippen LogP) is 3.39. The van der Waals surface area contributed by atoms with E-state index in [1.54, 1.807) is 12.0 Å². The Balaban J connectivity index is 1.41. The van der Waals surface area contributed by atoms with Crippen molar-refractivity contribution in [2.24, 2.45) is 28.6 Å². The zero-order valence-electron chi connectivity index (χ0n) is 21.2. The molecule has 7 nitrogen and oxygen atoms in total. The number of hydrogen-bond acceptors (Lipinski definition) is 8. The van der Waals surface area contributed by atoms with Crippen LogP contribution in [0.5, 0.6) is 0 Å². The molecule has 0 unspecified atom stereocenters. The van der Waals surface area contributed by atoms with E-state index in [1.807, 2.05) is 19.2 Å². The summed E-state index contributed by atoms with van der Waals surface area (Å²) in [6.07, 6.45) is 1.08. The van der Waals surface area contributed by atoms with E-state index in [9.17, 15) is 19.8 Å². The molecule has 0 radical (unpaired) electrons. The third kappa shape index (κ3) is 3.07. The van der Waals surface area contributed by atoms with Gasteiger partial charge in [-0.25, -0.2) is 13.8 Å². The van der Waals surface area contributed by atoms with E-state index in [0.29, 0.717) is 19.5 Å². The molecular weight excluding hydrogens is 502 g/mol. The SMILES string of the molecule is Cc1nc(CN2C[C@@H]3C[C@H]4[C@@H]5CC(F)=C6CC(=O)C=C[C@]6(C)[C@@]5(F)[C@@H](O)C[C@]4(C)[C@]3(C(=O)CO)O2)cs1. The first-order valence-electron chi connectivity index (χ1n) is 12.9. The summed E-state index contributed by atoms with van der Waals surface area (Å²) in [5.74, 6) is -3.04. The summed E-state index contributed by atoms with van der Waals surface area (Å²) in [5.41, 5.74) is -5.25. The number of rotatable bonds is 4. The summed E-state index contributed by atoms with van der Waals surface area (Å²) in [6.45, 7) is 5.30. The van der Waals surface area contributed by atoms with E-state index in [0.717, 1.165) is 10.7 Å². The summed E-state index contributed by atoms with van der Waals surface area (Å²) in [4.78, 5) is 36.5. The van der Waals surface area contributed by atoms with Crippen molar-refractivity contribution in [2.75, 3.05) is 13.2 Å². The number of fused-ring (bicyclic) bond motifs is 7. The van der Waals surface area contributed by atoms with Gasteiger partial charge in [0.05, 0.1) is 23.4 Å². The van der Waals surface area contributed by atoms with E-state index in [2.05, 4.69) is 4.98 Å². The second kappa shape index (κ2) is 8.08. The Morgan fingerprint density at radius 2 is 2.11 bits per heavy atom. The first kappa shape index (κ1) is 25.4. The molecule has 37 heavy (non-hydrogen) atoms. The maximum Gasteiger partial charge on any atom is 0.192 e. The zero-order chi connectivity index (χ0) is 26.5. The number of aryl methyl sites for hydroxylation is 1. The van der Waals surface area contributed by atoms with Crippen LogP contribution in [0.2, 0.25) is 0 Å². The van der Waals surface area contributed by atoms with E-state index in [4.69, 9.17) is 4.84 Å². The summed E-state index contributed by atoms with van der Waals surface area (Å²) >= 11 is 1.52. The van der Waals surface area contributed by atoms with Crippen molar-refractivity contribution in [3.05, 3.63) is 39.6 Å². The summed E-state index contributed by atoms with van der Waals surface area (Å²) < 4.78 is 33.0. The van der Waals surface area contributed by atoms with E-state index < -0.39 is 58.3 Å². The highest BCUT2D eigenvalue weighted by molar-refractivity contribution is 7.09. The molecule has 2 heterocycles. The quantitative estimate of drug-likeness (QED) is 0.611. The number of alkyl halides is 1. The van der Waals surface area contributed by atoms with Gasteiger partial charge in [-0.05, 0) is 44.3 Å². The van der Waals surface area contributed by atoms with Gasteiger partial charge in [-0.15, -0.1) is 11.3 Å². The second-order valence-electron chi connectivity index (χ2n) is 11.9. The molecule has 0 spiro atoms. The number of allylic oxidation sites excluding steroid dienone is 4. The van der Waals surface area contributed by atoms with Gasteiger partial charge in [-0.2, -0.15) is 5.06 Å². The molecule has 4 aliphatic carbocycles. The predicted molar refractivity (Wildman–Crippen MR) is 130 cm³/mol. The van der Waals surface area contributed by atoms with Gasteiger partial charge in [-0.1, -0.05) is 13.0 Å². The molecule has 5 aliphatic rings. The van der Waals surface area contributed by atoms with Crippen molar-refractivity contribution >= 4 is 22.9 Å². The lowest BCUT2D eigenvalue weighted by molar-refractivity contribution is -0.267. The molecule has 200 valence electrons. The van der Waals surface area contributed by atoms with Crippen LogP contribution >= 0.6 is 11.3 Å². The minimum Gasteiger partial charge on any atom is -0.390 e. The Labute approximate surface area is 218 Å². The highest BCUT2D eigenvalue weighted by Crippen LogP contribution is 2.72. The van der Waals surface area contributed by atoms with Gasteiger partial charge in [-0.3, -0.25) is 14.4 Å². The van der Waals surface area contributed by atoms with E-state index in [-0.39, 0.29) is 36.5 Å². The number of carbonyl (C=O) groups excluding carboxylic acids is 2. The topological polar surface area (TPSA) is 100.0 Å². The Hall–Kier alpha value is -1.85. The second-order valence-corrected chi connectivity index (χ2v) is 13.0. The van der Waals surface area contributed by atoms with E-state index in [1.165, 1.54) is 23.5 Å². The number of thiazole rings is 1. The number of halogens is 2. The number of ketones is 2. The fraction of sp³-hybridized carbons (Fsp3) is 0.667. The third-order valence-electron chi connectivity index (χ3n) is 10.3. The first-order chi connectivity index (χ1) is 17.4. The molecule has 1 aliphatic heterocycles. The average molecular weight is 535 g/mol. The fourth-order valence-corrected chi connectivity index (χ4v) is 9.27. The maximum absolute atomic E-state index is 17.4. The van der Waals surface area contributed by atoms with Crippen LogP contribution in [0.1, 0.15) is 50.2 Å². The number of hydroxylamine groups is 2. The Bertz CT molecular complexity index is 1250. The Morgan fingerprint density at radius 1 is 1.35 bits per heavy atom. The van der Waals surface area contributed by atoms with Gasteiger partial charge in [0, 0.05) is 47.4 Å². The molecule has 0 amide bonds. The molecule has 8 atom stereocenters. The highest BCUT2D eigenvalue weighted by Gasteiger charge is 2.79. The van der Waals surface area contributed by atoms with Crippen LogP contribution in [0, 0.1) is 35.5 Å². The molecule has 1 aromatic rings. The van der Waals surface area contributed by atoms with Gasteiger partial charge in [0.2, 0.25) is 0 Å². The average Bonchev–Trinajstić information content (AvgIpc) is 3.49. The standard InChI is InChI=1S/C27H32F2N2O5S/c1-14-30-16(13-37-14)11-31-10-15-6-18-19-8-21(28)20-7-17(33)4-5-24(20,2)26(19,29)22(34)9-25(18,3)27(15,36-31)23(35)12-32/h4-5,13,15,18-19,22,32,34H,6-12H2,1-3H3/t15-,18-,19-,22-,24-,25-,26-,27-/m0/s1. The lowest BCUT2D eigenvalue weighted by Crippen LogP contribution is -2.69. The van der Waals surface area contributed by atoms with Crippen LogP contribution in [0.15, 0.2) is 28.9 Å². The molecule has 0 aromatic carbocycles. The highest BCUT2D eigenvalue weighted by atomic mass is 32.1. The van der Waals surface area contributed by atoms with Crippen LogP contribution in [0.3, 0.4) is 0 Å². The van der Waals surface area contributed by atoms with Gasteiger partial charge in [0.25, 0.3) is 0 Å². The molecule has 1 saturated heterocycles. The van der Waals surface area contributed by atoms with Crippen LogP contribution in [-0.4, -0.2) is 62.4 Å². The smallest absolute Gasteiger partial charge is 0.192 e. The van der Waals surface area contributed by atoms with Gasteiger partial charge < -0.3 is 10.2 Å². The van der Waals surface area contributed by atoms with Crippen molar-refractivity contribution in [1.29, 1.82) is 0 Å². The number of nitrogens with zero attached hydrogens (tertiary/aromatic N) is 2. The monoisotopic (exact) mass is 534 g/mol. The lowest BCUT2D eigenvalue weighted by atomic mass is 9.45. The number of Topliss-reactive ketones (excluding diaryl/α,β-unsaturated/α-hetero) is 1.